The molecule has 2 aromatic rings. The Balaban J connectivity index is 2.19. The highest BCUT2D eigenvalue weighted by Crippen LogP contribution is 2.40. The zero-order valence-electron chi connectivity index (χ0n) is 18.4. The van der Waals surface area contributed by atoms with Gasteiger partial charge >= 0.3 is 0 Å². The van der Waals surface area contributed by atoms with E-state index in [0.29, 0.717) is 23.1 Å². The van der Waals surface area contributed by atoms with E-state index < -0.39 is 10.0 Å². The summed E-state index contributed by atoms with van der Waals surface area (Å²) in [5.74, 6) is 2.19. The number of sulfonamides is 1. The summed E-state index contributed by atoms with van der Waals surface area (Å²) in [6.07, 6.45) is 2.82. The predicted molar refractivity (Wildman–Crippen MR) is 117 cm³/mol. The molecule has 0 fully saturated rings. The van der Waals surface area contributed by atoms with Crippen LogP contribution in [-0.2, 0) is 10.0 Å². The van der Waals surface area contributed by atoms with E-state index in [9.17, 15) is 8.42 Å². The van der Waals surface area contributed by atoms with E-state index in [1.807, 2.05) is 32.9 Å². The number of nitrogens with zero attached hydrogens (tertiary/aromatic N) is 1. The SMILES string of the molecule is CCC(CC)NS(=O)(=O)c1ccc(NC(C)c2cc(OC)c(OC)c(OC)c2)nc1. The second kappa shape index (κ2) is 10.5. The first-order chi connectivity index (χ1) is 14.3. The molecule has 0 aliphatic rings. The number of ether oxygens (including phenoxy) is 3. The maximum Gasteiger partial charge on any atom is 0.242 e. The maximum atomic E-state index is 12.5. The fourth-order valence-corrected chi connectivity index (χ4v) is 4.37. The number of benzene rings is 1. The van der Waals surface area contributed by atoms with E-state index in [2.05, 4.69) is 15.0 Å². The first kappa shape index (κ1) is 23.8. The van der Waals surface area contributed by atoms with Gasteiger partial charge in [0.1, 0.15) is 10.7 Å². The Labute approximate surface area is 179 Å². The van der Waals surface area contributed by atoms with Crippen molar-refractivity contribution in [3.8, 4) is 17.2 Å². The minimum Gasteiger partial charge on any atom is -0.493 e. The average Bonchev–Trinajstić information content (AvgIpc) is 2.76. The van der Waals surface area contributed by atoms with Crippen molar-refractivity contribution >= 4 is 15.8 Å². The lowest BCUT2D eigenvalue weighted by Gasteiger charge is -2.19. The molecule has 0 aliphatic heterocycles. The lowest BCUT2D eigenvalue weighted by atomic mass is 10.1. The lowest BCUT2D eigenvalue weighted by molar-refractivity contribution is 0.323. The number of anilines is 1. The molecule has 9 heteroatoms. The van der Waals surface area contributed by atoms with E-state index in [1.54, 1.807) is 33.5 Å². The minimum atomic E-state index is -3.59. The van der Waals surface area contributed by atoms with Crippen LogP contribution in [0.1, 0.15) is 45.2 Å². The summed E-state index contributed by atoms with van der Waals surface area (Å²) < 4.78 is 43.9. The number of rotatable bonds is 11. The minimum absolute atomic E-state index is 0.0899. The Morgan fingerprint density at radius 1 is 1.00 bits per heavy atom. The molecular weight excluding hydrogens is 406 g/mol. The highest BCUT2D eigenvalue weighted by atomic mass is 32.2. The van der Waals surface area contributed by atoms with Gasteiger partial charge in [-0.05, 0) is 49.6 Å². The molecule has 0 spiro atoms. The van der Waals surface area contributed by atoms with Crippen molar-refractivity contribution in [2.24, 2.45) is 0 Å². The fraction of sp³-hybridized carbons (Fsp3) is 0.476. The van der Waals surface area contributed by atoms with Crippen LogP contribution in [0, 0.1) is 0 Å². The van der Waals surface area contributed by atoms with Crippen LogP contribution in [0.5, 0.6) is 17.2 Å². The van der Waals surface area contributed by atoms with Gasteiger partial charge in [0.25, 0.3) is 0 Å². The third-order valence-corrected chi connectivity index (χ3v) is 6.41. The van der Waals surface area contributed by atoms with Gasteiger partial charge in [-0.25, -0.2) is 18.1 Å². The Morgan fingerprint density at radius 2 is 1.60 bits per heavy atom. The van der Waals surface area contributed by atoms with Crippen LogP contribution in [0.25, 0.3) is 0 Å². The van der Waals surface area contributed by atoms with Gasteiger partial charge in [0.05, 0.1) is 27.4 Å². The highest BCUT2D eigenvalue weighted by molar-refractivity contribution is 7.89. The van der Waals surface area contributed by atoms with Crippen LogP contribution in [0.2, 0.25) is 0 Å². The van der Waals surface area contributed by atoms with Crippen molar-refractivity contribution in [2.45, 2.75) is 50.6 Å². The second-order valence-electron chi connectivity index (χ2n) is 6.84. The van der Waals surface area contributed by atoms with Crippen LogP contribution >= 0.6 is 0 Å². The predicted octanol–water partition coefficient (Wildman–Crippen LogP) is 3.75. The molecule has 1 aromatic carbocycles. The molecule has 0 radical (unpaired) electrons. The Kier molecular flexibility index (Phi) is 8.31. The monoisotopic (exact) mass is 437 g/mol. The van der Waals surface area contributed by atoms with E-state index >= 15 is 0 Å². The van der Waals surface area contributed by atoms with E-state index in [1.165, 1.54) is 6.20 Å². The van der Waals surface area contributed by atoms with Gasteiger partial charge in [0.2, 0.25) is 15.8 Å². The topological polar surface area (TPSA) is 98.8 Å². The smallest absolute Gasteiger partial charge is 0.242 e. The molecule has 0 saturated heterocycles. The molecule has 30 heavy (non-hydrogen) atoms. The molecule has 0 amide bonds. The number of hydrogen-bond donors (Lipinski definition) is 2. The third kappa shape index (κ3) is 5.54. The first-order valence-corrected chi connectivity index (χ1v) is 11.3. The number of hydrogen-bond acceptors (Lipinski definition) is 7. The highest BCUT2D eigenvalue weighted by Gasteiger charge is 2.19. The van der Waals surface area contributed by atoms with Crippen molar-refractivity contribution in [3.63, 3.8) is 0 Å². The fourth-order valence-electron chi connectivity index (χ4n) is 3.02. The molecule has 0 aliphatic carbocycles. The average molecular weight is 438 g/mol. The molecule has 166 valence electrons. The largest absolute Gasteiger partial charge is 0.493 e. The van der Waals surface area contributed by atoms with Crippen molar-refractivity contribution in [2.75, 3.05) is 26.6 Å². The summed E-state index contributed by atoms with van der Waals surface area (Å²) in [5.41, 5.74) is 0.901. The van der Waals surface area contributed by atoms with Gasteiger partial charge in [0.15, 0.2) is 11.5 Å². The van der Waals surface area contributed by atoms with E-state index in [0.717, 1.165) is 18.4 Å². The third-order valence-electron chi connectivity index (χ3n) is 4.91. The maximum absolute atomic E-state index is 12.5. The molecule has 1 atom stereocenters. The lowest BCUT2D eigenvalue weighted by Crippen LogP contribution is -2.33. The van der Waals surface area contributed by atoms with Crippen molar-refractivity contribution in [1.29, 1.82) is 0 Å². The zero-order chi connectivity index (χ0) is 22.3. The molecule has 2 N–H and O–H groups in total. The number of nitrogens with one attached hydrogen (secondary N) is 2. The van der Waals surface area contributed by atoms with Gasteiger partial charge in [-0.15, -0.1) is 0 Å². The second-order valence-corrected chi connectivity index (χ2v) is 8.55. The Hall–Kier alpha value is -2.52. The molecule has 8 nitrogen and oxygen atoms in total. The normalized spacial score (nSPS) is 12.5. The van der Waals surface area contributed by atoms with Crippen LogP contribution in [0.4, 0.5) is 5.82 Å². The van der Waals surface area contributed by atoms with Gasteiger partial charge in [-0.3, -0.25) is 0 Å². The molecule has 0 saturated carbocycles. The molecule has 2 rings (SSSR count). The van der Waals surface area contributed by atoms with Crippen LogP contribution in [-0.4, -0.2) is 40.8 Å². The standard InChI is InChI=1S/C21H31N3O5S/c1-7-16(8-2)24-30(25,26)17-9-10-20(22-13-17)23-14(3)15-11-18(27-4)21(29-6)19(12-15)28-5/h9-14,16,24H,7-8H2,1-6H3,(H,22,23). The van der Waals surface area contributed by atoms with E-state index in [4.69, 9.17) is 14.2 Å². The molecule has 1 aromatic heterocycles. The zero-order valence-corrected chi connectivity index (χ0v) is 19.2. The number of methoxy groups -OCH3 is 3. The molecular formula is C21H31N3O5S. The molecule has 1 unspecified atom stereocenters. The van der Waals surface area contributed by atoms with Crippen LogP contribution < -0.4 is 24.2 Å². The van der Waals surface area contributed by atoms with Gasteiger partial charge in [-0.2, -0.15) is 0 Å². The first-order valence-electron chi connectivity index (χ1n) is 9.84. The van der Waals surface area contributed by atoms with Gasteiger partial charge in [0, 0.05) is 12.2 Å². The van der Waals surface area contributed by atoms with Crippen molar-refractivity contribution in [3.05, 3.63) is 36.0 Å². The van der Waals surface area contributed by atoms with Crippen LogP contribution in [0.3, 0.4) is 0 Å². The number of pyridine rings is 1. The quantitative estimate of drug-likeness (QED) is 0.552. The van der Waals surface area contributed by atoms with Crippen molar-refractivity contribution in [1.82, 2.24) is 9.71 Å². The molecule has 1 heterocycles. The summed E-state index contributed by atoms with van der Waals surface area (Å²) in [4.78, 5) is 4.41. The van der Waals surface area contributed by atoms with Gasteiger partial charge < -0.3 is 19.5 Å². The molecule has 0 bridgehead atoms. The summed E-state index contributed by atoms with van der Waals surface area (Å²) in [7, 11) is 1.09. The summed E-state index contributed by atoms with van der Waals surface area (Å²) >= 11 is 0. The Bertz CT molecular complexity index is 903. The summed E-state index contributed by atoms with van der Waals surface area (Å²) in [6, 6.07) is 6.68. The van der Waals surface area contributed by atoms with Gasteiger partial charge in [-0.1, -0.05) is 13.8 Å². The number of aromatic nitrogens is 1. The Morgan fingerprint density at radius 3 is 2.03 bits per heavy atom. The van der Waals surface area contributed by atoms with E-state index in [-0.39, 0.29) is 17.0 Å². The summed E-state index contributed by atoms with van der Waals surface area (Å²) in [6.45, 7) is 5.86. The summed E-state index contributed by atoms with van der Waals surface area (Å²) in [5, 5.41) is 3.26. The van der Waals surface area contributed by atoms with Crippen molar-refractivity contribution < 1.29 is 22.6 Å². The van der Waals surface area contributed by atoms with Crippen LogP contribution in [0.15, 0.2) is 35.4 Å².